The normalized spacial score (nSPS) is 15.1. The van der Waals surface area contributed by atoms with E-state index < -0.39 is 0 Å². The second kappa shape index (κ2) is 7.65. The number of para-hydroxylation sites is 1. The van der Waals surface area contributed by atoms with Crippen LogP contribution in [0.4, 0.5) is 0 Å². The maximum atomic E-state index is 5.84. The van der Waals surface area contributed by atoms with Gasteiger partial charge in [-0.1, -0.05) is 25.1 Å². The van der Waals surface area contributed by atoms with Gasteiger partial charge in [-0.15, -0.1) is 0 Å². The molecule has 0 spiro atoms. The van der Waals surface area contributed by atoms with Gasteiger partial charge in [0.05, 0.1) is 6.10 Å². The van der Waals surface area contributed by atoms with Crippen molar-refractivity contribution < 1.29 is 4.74 Å². The predicted molar refractivity (Wildman–Crippen MR) is 84.2 cm³/mol. The Morgan fingerprint density at radius 1 is 1.30 bits per heavy atom. The van der Waals surface area contributed by atoms with Gasteiger partial charge >= 0.3 is 0 Å². The average Bonchev–Trinajstić information content (AvgIpc) is 3.24. The van der Waals surface area contributed by atoms with Crippen molar-refractivity contribution >= 4 is 0 Å². The molecule has 1 N–H and O–H groups in total. The Morgan fingerprint density at radius 2 is 2.05 bits per heavy atom. The van der Waals surface area contributed by atoms with Gasteiger partial charge in [0.1, 0.15) is 5.75 Å². The number of hydrogen-bond donors (Lipinski definition) is 1. The quantitative estimate of drug-likeness (QED) is 0.702. The molecule has 1 saturated carbocycles. The molecule has 0 heterocycles. The van der Waals surface area contributed by atoms with E-state index in [0.717, 1.165) is 31.4 Å². The van der Waals surface area contributed by atoms with E-state index in [4.69, 9.17) is 4.74 Å². The highest BCUT2D eigenvalue weighted by molar-refractivity contribution is 5.33. The van der Waals surface area contributed by atoms with Crippen LogP contribution < -0.4 is 10.1 Å². The summed E-state index contributed by atoms with van der Waals surface area (Å²) >= 11 is 0. The molecule has 0 unspecified atom stereocenters. The van der Waals surface area contributed by atoms with E-state index in [1.807, 2.05) is 6.07 Å². The van der Waals surface area contributed by atoms with Crippen LogP contribution in [-0.4, -0.2) is 36.7 Å². The van der Waals surface area contributed by atoms with E-state index in [-0.39, 0.29) is 6.10 Å². The number of ether oxygens (including phenoxy) is 1. The minimum absolute atomic E-state index is 0.224. The minimum Gasteiger partial charge on any atom is -0.491 e. The van der Waals surface area contributed by atoms with Gasteiger partial charge in [-0.2, -0.15) is 0 Å². The molecule has 1 fully saturated rings. The van der Waals surface area contributed by atoms with Crippen molar-refractivity contribution in [2.24, 2.45) is 0 Å². The molecule has 0 bridgehead atoms. The van der Waals surface area contributed by atoms with Crippen molar-refractivity contribution in [3.63, 3.8) is 0 Å². The molecule has 3 nitrogen and oxygen atoms in total. The molecule has 2 rings (SSSR count). The van der Waals surface area contributed by atoms with Crippen molar-refractivity contribution in [1.82, 2.24) is 10.2 Å². The minimum atomic E-state index is 0.224. The largest absolute Gasteiger partial charge is 0.491 e. The van der Waals surface area contributed by atoms with E-state index in [9.17, 15) is 0 Å². The number of likely N-dealkylation sites (N-methyl/N-ethyl adjacent to an activating group) is 1. The highest BCUT2D eigenvalue weighted by atomic mass is 16.5. The maximum Gasteiger partial charge on any atom is 0.124 e. The maximum absolute atomic E-state index is 5.84. The topological polar surface area (TPSA) is 24.5 Å². The summed E-state index contributed by atoms with van der Waals surface area (Å²) in [4.78, 5) is 2.57. The Balaban J connectivity index is 1.75. The summed E-state index contributed by atoms with van der Waals surface area (Å²) in [6, 6.07) is 9.17. The summed E-state index contributed by atoms with van der Waals surface area (Å²) in [5, 5.41) is 3.54. The molecule has 0 saturated heterocycles. The molecule has 20 heavy (non-hydrogen) atoms. The van der Waals surface area contributed by atoms with Crippen LogP contribution in [0.5, 0.6) is 5.75 Å². The summed E-state index contributed by atoms with van der Waals surface area (Å²) in [7, 11) is 0. The summed E-state index contributed by atoms with van der Waals surface area (Å²) in [5.41, 5.74) is 1.25. The molecule has 0 aliphatic heterocycles. The smallest absolute Gasteiger partial charge is 0.124 e. The van der Waals surface area contributed by atoms with E-state index >= 15 is 0 Å². The first-order valence-electron chi connectivity index (χ1n) is 7.90. The predicted octanol–water partition coefficient (Wildman–Crippen LogP) is 3.05. The lowest BCUT2D eigenvalue weighted by Crippen LogP contribution is -2.33. The zero-order valence-electron chi connectivity index (χ0n) is 13.1. The van der Waals surface area contributed by atoms with Gasteiger partial charge in [0.2, 0.25) is 0 Å². The lowest BCUT2D eigenvalue weighted by atomic mass is 10.2. The zero-order valence-corrected chi connectivity index (χ0v) is 13.1. The van der Waals surface area contributed by atoms with Gasteiger partial charge in [0, 0.05) is 31.2 Å². The van der Waals surface area contributed by atoms with Crippen LogP contribution in [0.3, 0.4) is 0 Å². The van der Waals surface area contributed by atoms with Gasteiger partial charge in [-0.3, -0.25) is 4.90 Å². The van der Waals surface area contributed by atoms with Gasteiger partial charge in [-0.25, -0.2) is 0 Å². The van der Waals surface area contributed by atoms with E-state index in [0.29, 0.717) is 0 Å². The fourth-order valence-electron chi connectivity index (χ4n) is 2.50. The first-order chi connectivity index (χ1) is 9.70. The molecule has 1 aromatic carbocycles. The van der Waals surface area contributed by atoms with Crippen molar-refractivity contribution in [2.75, 3.05) is 19.6 Å². The Labute approximate surface area is 123 Å². The molecular formula is C17H28N2O. The lowest BCUT2D eigenvalue weighted by molar-refractivity contribution is 0.239. The molecule has 0 amide bonds. The lowest BCUT2D eigenvalue weighted by Gasteiger charge is -2.20. The number of nitrogens with zero attached hydrogens (tertiary/aromatic N) is 1. The van der Waals surface area contributed by atoms with E-state index in [1.54, 1.807) is 0 Å². The van der Waals surface area contributed by atoms with Gasteiger partial charge in [-0.05, 0) is 39.3 Å². The number of benzene rings is 1. The van der Waals surface area contributed by atoms with Crippen molar-refractivity contribution in [1.29, 1.82) is 0 Å². The van der Waals surface area contributed by atoms with Crippen molar-refractivity contribution in [3.8, 4) is 5.75 Å². The molecule has 0 aromatic heterocycles. The molecule has 1 aliphatic carbocycles. The summed E-state index contributed by atoms with van der Waals surface area (Å²) < 4.78 is 5.84. The Morgan fingerprint density at radius 3 is 2.70 bits per heavy atom. The molecule has 0 atom stereocenters. The number of rotatable bonds is 9. The highest BCUT2D eigenvalue weighted by Gasteiger charge is 2.26. The monoisotopic (exact) mass is 276 g/mol. The summed E-state index contributed by atoms with van der Waals surface area (Å²) in [5.74, 6) is 1.00. The first-order valence-corrected chi connectivity index (χ1v) is 7.90. The van der Waals surface area contributed by atoms with E-state index in [1.165, 1.54) is 24.9 Å². The van der Waals surface area contributed by atoms with Crippen molar-refractivity contribution in [2.45, 2.75) is 52.3 Å². The molecule has 112 valence electrons. The van der Waals surface area contributed by atoms with Crippen molar-refractivity contribution in [3.05, 3.63) is 29.8 Å². The van der Waals surface area contributed by atoms with Crippen LogP contribution >= 0.6 is 0 Å². The third-order valence-corrected chi connectivity index (χ3v) is 3.70. The highest BCUT2D eigenvalue weighted by Crippen LogP contribution is 2.25. The van der Waals surface area contributed by atoms with Crippen LogP contribution in [-0.2, 0) is 6.54 Å². The first kappa shape index (κ1) is 15.3. The molecule has 0 radical (unpaired) electrons. The fraction of sp³-hybridized carbons (Fsp3) is 0.647. The third kappa shape index (κ3) is 4.80. The van der Waals surface area contributed by atoms with E-state index in [2.05, 4.69) is 49.2 Å². The second-order valence-electron chi connectivity index (χ2n) is 5.81. The molecular weight excluding hydrogens is 248 g/mol. The van der Waals surface area contributed by atoms with Crippen LogP contribution in [0.1, 0.15) is 39.2 Å². The average molecular weight is 276 g/mol. The standard InChI is InChI=1S/C17H28N2O/c1-4-19(16-9-10-16)12-11-18-13-15-7-5-6-8-17(15)20-14(2)3/h5-8,14,16,18H,4,9-13H2,1-3H3. The Hall–Kier alpha value is -1.06. The Kier molecular flexibility index (Phi) is 5.86. The van der Waals surface area contributed by atoms with Crippen LogP contribution in [0, 0.1) is 0 Å². The third-order valence-electron chi connectivity index (χ3n) is 3.70. The number of hydrogen-bond acceptors (Lipinski definition) is 3. The molecule has 3 heteroatoms. The Bertz CT molecular complexity index is 402. The summed E-state index contributed by atoms with van der Waals surface area (Å²) in [6.45, 7) is 10.6. The zero-order chi connectivity index (χ0) is 14.4. The van der Waals surface area contributed by atoms with Gasteiger partial charge in [0.25, 0.3) is 0 Å². The van der Waals surface area contributed by atoms with Gasteiger partial charge in [0.15, 0.2) is 0 Å². The SMILES string of the molecule is CCN(CCNCc1ccccc1OC(C)C)C1CC1. The number of nitrogens with one attached hydrogen (secondary N) is 1. The second-order valence-corrected chi connectivity index (χ2v) is 5.81. The van der Waals surface area contributed by atoms with Crippen LogP contribution in [0.15, 0.2) is 24.3 Å². The van der Waals surface area contributed by atoms with Crippen LogP contribution in [0.25, 0.3) is 0 Å². The van der Waals surface area contributed by atoms with Crippen LogP contribution in [0.2, 0.25) is 0 Å². The summed E-state index contributed by atoms with van der Waals surface area (Å²) in [6.07, 6.45) is 3.00. The molecule has 1 aromatic rings. The fourth-order valence-corrected chi connectivity index (χ4v) is 2.50. The van der Waals surface area contributed by atoms with Gasteiger partial charge < -0.3 is 10.1 Å². The molecule has 1 aliphatic rings.